The maximum Gasteiger partial charge on any atom is 0.0782 e. The van der Waals surface area contributed by atoms with Crippen LogP contribution in [0.15, 0.2) is 24.4 Å². The van der Waals surface area contributed by atoms with E-state index in [4.69, 9.17) is 5.73 Å². The molecule has 3 nitrogen and oxygen atoms in total. The van der Waals surface area contributed by atoms with E-state index in [-0.39, 0.29) is 0 Å². The highest BCUT2D eigenvalue weighted by Crippen LogP contribution is 2.27. The quantitative estimate of drug-likeness (QED) is 0.862. The first kappa shape index (κ1) is 10.4. The van der Waals surface area contributed by atoms with Crippen molar-refractivity contribution in [3.8, 4) is 10.6 Å². The lowest BCUT2D eigenvalue weighted by molar-refractivity contribution is 0.609. The standard InChI is InChI=1S/C11H15N3S/c1-2-7-14-10(5-6-13-14)11-4-3-9(8-12)15-11/h3-6H,2,7-8,12H2,1H3. The first-order chi connectivity index (χ1) is 7.35. The molecule has 15 heavy (non-hydrogen) atoms. The molecular weight excluding hydrogens is 206 g/mol. The van der Waals surface area contributed by atoms with Gasteiger partial charge >= 0.3 is 0 Å². The Kier molecular flexibility index (Phi) is 3.18. The second-order valence-corrected chi connectivity index (χ2v) is 4.58. The number of rotatable bonds is 4. The third-order valence-corrected chi connectivity index (χ3v) is 3.40. The minimum atomic E-state index is 0.618. The number of aryl methyl sites for hydroxylation is 1. The normalized spacial score (nSPS) is 10.8. The van der Waals surface area contributed by atoms with E-state index >= 15 is 0 Å². The van der Waals surface area contributed by atoms with E-state index in [1.54, 1.807) is 11.3 Å². The summed E-state index contributed by atoms with van der Waals surface area (Å²) in [6.07, 6.45) is 2.95. The number of thiophene rings is 1. The molecule has 0 saturated heterocycles. The van der Waals surface area contributed by atoms with Gasteiger partial charge in [-0.25, -0.2) is 0 Å². The van der Waals surface area contributed by atoms with Crippen molar-refractivity contribution in [2.45, 2.75) is 26.4 Å². The van der Waals surface area contributed by atoms with Crippen LogP contribution >= 0.6 is 11.3 Å². The van der Waals surface area contributed by atoms with Gasteiger partial charge in [0.15, 0.2) is 0 Å². The Hall–Kier alpha value is -1.13. The Morgan fingerprint density at radius 3 is 2.93 bits per heavy atom. The van der Waals surface area contributed by atoms with E-state index < -0.39 is 0 Å². The van der Waals surface area contributed by atoms with Crippen molar-refractivity contribution in [1.29, 1.82) is 0 Å². The van der Waals surface area contributed by atoms with Crippen LogP contribution in [0.5, 0.6) is 0 Å². The van der Waals surface area contributed by atoms with Gasteiger partial charge in [-0.1, -0.05) is 6.92 Å². The molecular formula is C11H15N3S. The van der Waals surface area contributed by atoms with Crippen LogP contribution in [0.25, 0.3) is 10.6 Å². The van der Waals surface area contributed by atoms with Crippen LogP contribution in [-0.4, -0.2) is 9.78 Å². The van der Waals surface area contributed by atoms with Gasteiger partial charge in [0.05, 0.1) is 10.6 Å². The minimum absolute atomic E-state index is 0.618. The second-order valence-electron chi connectivity index (χ2n) is 3.41. The summed E-state index contributed by atoms with van der Waals surface area (Å²) in [5.74, 6) is 0. The number of nitrogens with two attached hydrogens (primary N) is 1. The molecule has 0 fully saturated rings. The highest BCUT2D eigenvalue weighted by molar-refractivity contribution is 7.15. The summed E-state index contributed by atoms with van der Waals surface area (Å²) < 4.78 is 2.05. The molecule has 0 aliphatic heterocycles. The smallest absolute Gasteiger partial charge is 0.0782 e. The molecule has 0 unspecified atom stereocenters. The van der Waals surface area contributed by atoms with Crippen LogP contribution in [0, 0.1) is 0 Å². The summed E-state index contributed by atoms with van der Waals surface area (Å²) in [5, 5.41) is 4.31. The van der Waals surface area contributed by atoms with Gasteiger partial charge in [0, 0.05) is 24.2 Å². The van der Waals surface area contributed by atoms with Crippen LogP contribution in [0.1, 0.15) is 18.2 Å². The molecule has 0 radical (unpaired) electrons. The van der Waals surface area contributed by atoms with Crippen LogP contribution in [-0.2, 0) is 13.1 Å². The maximum atomic E-state index is 5.60. The van der Waals surface area contributed by atoms with Crippen LogP contribution in [0.2, 0.25) is 0 Å². The predicted molar refractivity (Wildman–Crippen MR) is 63.7 cm³/mol. The number of nitrogens with zero attached hydrogens (tertiary/aromatic N) is 2. The van der Waals surface area contributed by atoms with Gasteiger partial charge < -0.3 is 5.73 Å². The first-order valence-corrected chi connectivity index (χ1v) is 5.97. The first-order valence-electron chi connectivity index (χ1n) is 5.16. The van der Waals surface area contributed by atoms with Crippen molar-refractivity contribution < 1.29 is 0 Å². The fraction of sp³-hybridized carbons (Fsp3) is 0.364. The zero-order chi connectivity index (χ0) is 10.7. The van der Waals surface area contributed by atoms with Crippen LogP contribution in [0.4, 0.5) is 0 Å². The third-order valence-electron chi connectivity index (χ3n) is 2.27. The molecule has 2 rings (SSSR count). The molecule has 2 aromatic heterocycles. The highest BCUT2D eigenvalue weighted by Gasteiger charge is 2.07. The number of hydrogen-bond acceptors (Lipinski definition) is 3. The average molecular weight is 221 g/mol. The van der Waals surface area contributed by atoms with Gasteiger partial charge in [-0.3, -0.25) is 4.68 Å². The molecule has 0 saturated carbocycles. The van der Waals surface area contributed by atoms with Crippen molar-refractivity contribution in [2.24, 2.45) is 5.73 Å². The monoisotopic (exact) mass is 221 g/mol. The zero-order valence-electron chi connectivity index (χ0n) is 8.81. The lowest BCUT2D eigenvalue weighted by atomic mass is 10.3. The molecule has 0 aliphatic rings. The summed E-state index contributed by atoms with van der Waals surface area (Å²) >= 11 is 1.74. The van der Waals surface area contributed by atoms with Gasteiger partial charge in [0.1, 0.15) is 0 Å². The van der Waals surface area contributed by atoms with Crippen molar-refractivity contribution in [1.82, 2.24) is 9.78 Å². The molecule has 2 aromatic rings. The molecule has 0 aliphatic carbocycles. The van der Waals surface area contributed by atoms with E-state index in [2.05, 4.69) is 30.2 Å². The fourth-order valence-electron chi connectivity index (χ4n) is 1.56. The van der Waals surface area contributed by atoms with Gasteiger partial charge in [-0.05, 0) is 24.6 Å². The SMILES string of the molecule is CCCn1nccc1-c1ccc(CN)s1. The molecule has 2 N–H and O–H groups in total. The number of aromatic nitrogens is 2. The average Bonchev–Trinajstić information content (AvgIpc) is 2.85. The Morgan fingerprint density at radius 2 is 2.27 bits per heavy atom. The van der Waals surface area contributed by atoms with Gasteiger partial charge in [0.25, 0.3) is 0 Å². The molecule has 0 aromatic carbocycles. The van der Waals surface area contributed by atoms with E-state index in [1.807, 2.05) is 10.9 Å². The van der Waals surface area contributed by atoms with Crippen LogP contribution in [0.3, 0.4) is 0 Å². The molecule has 2 heterocycles. The summed E-state index contributed by atoms with van der Waals surface area (Å²) in [7, 11) is 0. The van der Waals surface area contributed by atoms with Crippen molar-refractivity contribution in [2.75, 3.05) is 0 Å². The predicted octanol–water partition coefficient (Wildman–Crippen LogP) is 2.48. The molecule has 0 amide bonds. The summed E-state index contributed by atoms with van der Waals surface area (Å²) in [4.78, 5) is 2.47. The highest BCUT2D eigenvalue weighted by atomic mass is 32.1. The van der Waals surface area contributed by atoms with Gasteiger partial charge in [-0.2, -0.15) is 5.10 Å². The molecule has 0 spiro atoms. The fourth-order valence-corrected chi connectivity index (χ4v) is 2.47. The van der Waals surface area contributed by atoms with Crippen molar-refractivity contribution in [3.05, 3.63) is 29.3 Å². The van der Waals surface area contributed by atoms with E-state index in [0.29, 0.717) is 6.54 Å². The lowest BCUT2D eigenvalue weighted by Crippen LogP contribution is -1.99. The lowest BCUT2D eigenvalue weighted by Gasteiger charge is -2.03. The van der Waals surface area contributed by atoms with E-state index in [0.717, 1.165) is 13.0 Å². The Balaban J connectivity index is 2.31. The molecule has 80 valence electrons. The topological polar surface area (TPSA) is 43.8 Å². The Morgan fingerprint density at radius 1 is 1.40 bits per heavy atom. The van der Waals surface area contributed by atoms with Gasteiger partial charge in [0.2, 0.25) is 0 Å². The molecule has 0 atom stereocenters. The summed E-state index contributed by atoms with van der Waals surface area (Å²) in [6, 6.07) is 6.26. The van der Waals surface area contributed by atoms with Crippen LogP contribution < -0.4 is 5.73 Å². The van der Waals surface area contributed by atoms with Gasteiger partial charge in [-0.15, -0.1) is 11.3 Å². The maximum absolute atomic E-state index is 5.60. The second kappa shape index (κ2) is 4.59. The zero-order valence-corrected chi connectivity index (χ0v) is 9.63. The minimum Gasteiger partial charge on any atom is -0.326 e. The van der Waals surface area contributed by atoms with Crippen molar-refractivity contribution >= 4 is 11.3 Å². The van der Waals surface area contributed by atoms with E-state index in [1.165, 1.54) is 15.4 Å². The number of hydrogen-bond donors (Lipinski definition) is 1. The van der Waals surface area contributed by atoms with E-state index in [9.17, 15) is 0 Å². The molecule has 4 heteroatoms. The molecule has 0 bridgehead atoms. The third kappa shape index (κ3) is 2.11. The summed E-state index contributed by atoms with van der Waals surface area (Å²) in [6.45, 7) is 3.75. The Bertz CT molecular complexity index is 430. The Labute approximate surface area is 93.5 Å². The van der Waals surface area contributed by atoms with Crippen molar-refractivity contribution in [3.63, 3.8) is 0 Å². The summed E-state index contributed by atoms with van der Waals surface area (Å²) in [5.41, 5.74) is 6.80. The largest absolute Gasteiger partial charge is 0.326 e.